The van der Waals surface area contributed by atoms with E-state index in [0.717, 1.165) is 44.3 Å². The number of fused-ring (bicyclic) bond motifs is 5. The molecule has 4 aliphatic carbocycles. The number of rotatable bonds is 2. The maximum absolute atomic E-state index is 12.1. The highest BCUT2D eigenvalue weighted by Gasteiger charge is 2.68. The molecule has 0 spiro atoms. The lowest BCUT2D eigenvalue weighted by molar-refractivity contribution is -0.141. The van der Waals surface area contributed by atoms with Gasteiger partial charge in [0.2, 0.25) is 0 Å². The van der Waals surface area contributed by atoms with E-state index in [1.54, 1.807) is 0 Å². The van der Waals surface area contributed by atoms with Crippen molar-refractivity contribution in [3.05, 3.63) is 11.6 Å². The van der Waals surface area contributed by atoms with Crippen molar-refractivity contribution in [1.29, 1.82) is 0 Å². The third-order valence-corrected chi connectivity index (χ3v) is 10.6. The molecular weight excluding hydrogens is 360 g/mol. The lowest BCUT2D eigenvalue weighted by Gasteiger charge is -2.67. The molecule has 0 aromatic rings. The van der Waals surface area contributed by atoms with Gasteiger partial charge in [0.05, 0.1) is 6.10 Å². The van der Waals surface area contributed by atoms with Gasteiger partial charge in [-0.2, -0.15) is 25.3 Å². The lowest BCUT2D eigenvalue weighted by atomic mass is 9.39. The van der Waals surface area contributed by atoms with E-state index >= 15 is 0 Å². The van der Waals surface area contributed by atoms with E-state index in [1.807, 2.05) is 6.08 Å². The summed E-state index contributed by atoms with van der Waals surface area (Å²) < 4.78 is 0. The molecule has 4 heteroatoms. The van der Waals surface area contributed by atoms with Crippen molar-refractivity contribution >= 4 is 31.0 Å². The smallest absolute Gasteiger partial charge is 0.155 e. The van der Waals surface area contributed by atoms with Crippen molar-refractivity contribution in [2.75, 3.05) is 5.75 Å². The third-order valence-electron chi connectivity index (χ3n) is 9.35. The van der Waals surface area contributed by atoms with Gasteiger partial charge >= 0.3 is 0 Å². The Morgan fingerprint density at radius 2 is 1.96 bits per heavy atom. The number of allylic oxidation sites excluding steroid dienone is 1. The normalized spacial score (nSPS) is 51.9. The Morgan fingerprint density at radius 3 is 2.65 bits per heavy atom. The molecule has 3 fully saturated rings. The first-order valence-electron chi connectivity index (χ1n) is 10.4. The van der Waals surface area contributed by atoms with E-state index < -0.39 is 0 Å². The van der Waals surface area contributed by atoms with E-state index in [2.05, 4.69) is 33.4 Å². The van der Waals surface area contributed by atoms with Crippen molar-refractivity contribution in [3.63, 3.8) is 0 Å². The highest BCUT2D eigenvalue weighted by molar-refractivity contribution is 7.84. The summed E-state index contributed by atoms with van der Waals surface area (Å²) in [7, 11) is 0. The zero-order chi connectivity index (χ0) is 18.9. The minimum absolute atomic E-state index is 0.0414. The molecule has 8 atom stereocenters. The fraction of sp³-hybridized carbons (Fsp3) is 0.864. The molecule has 0 heterocycles. The van der Waals surface area contributed by atoms with Crippen LogP contribution in [0.2, 0.25) is 0 Å². The average molecular weight is 395 g/mol. The molecule has 0 aromatic carbocycles. The molecule has 3 unspecified atom stereocenters. The first-order chi connectivity index (χ1) is 12.2. The van der Waals surface area contributed by atoms with Crippen LogP contribution >= 0.6 is 25.3 Å². The van der Waals surface area contributed by atoms with Crippen molar-refractivity contribution in [1.82, 2.24) is 0 Å². The van der Waals surface area contributed by atoms with Crippen LogP contribution in [0.4, 0.5) is 0 Å². The summed E-state index contributed by atoms with van der Waals surface area (Å²) in [4.78, 5) is 12.1. The van der Waals surface area contributed by atoms with Crippen LogP contribution in [-0.2, 0) is 4.79 Å². The SMILES string of the molecule is CC1C[C@H]2[C@@H]3CCC4=CC(=O)CC[C@]4(C)[C@]3(C(S)CS)CC[C@]2(C)C1O. The number of carbonyl (C=O) groups excluding carboxylic acids is 1. The third kappa shape index (κ3) is 2.27. The maximum Gasteiger partial charge on any atom is 0.155 e. The van der Waals surface area contributed by atoms with Gasteiger partial charge in [-0.05, 0) is 78.6 Å². The van der Waals surface area contributed by atoms with Crippen molar-refractivity contribution in [2.45, 2.75) is 77.1 Å². The minimum Gasteiger partial charge on any atom is -0.392 e. The fourth-order valence-electron chi connectivity index (χ4n) is 7.88. The second-order valence-corrected chi connectivity index (χ2v) is 11.1. The number of aliphatic hydroxyl groups excluding tert-OH is 1. The zero-order valence-electron chi connectivity index (χ0n) is 16.4. The molecule has 4 aliphatic rings. The van der Waals surface area contributed by atoms with E-state index in [4.69, 9.17) is 12.6 Å². The molecule has 4 rings (SSSR count). The number of carbonyl (C=O) groups is 1. The highest BCUT2D eigenvalue weighted by atomic mass is 32.1. The minimum atomic E-state index is -0.183. The molecule has 0 aliphatic heterocycles. The van der Waals surface area contributed by atoms with Crippen LogP contribution in [-0.4, -0.2) is 28.0 Å². The van der Waals surface area contributed by atoms with Crippen molar-refractivity contribution in [2.24, 2.45) is 34.0 Å². The number of aliphatic hydroxyl groups is 1. The Labute approximate surface area is 169 Å². The predicted molar refractivity (Wildman–Crippen MR) is 113 cm³/mol. The lowest BCUT2D eigenvalue weighted by Crippen LogP contribution is -2.62. The quantitative estimate of drug-likeness (QED) is 0.593. The molecule has 2 nitrogen and oxygen atoms in total. The van der Waals surface area contributed by atoms with Gasteiger partial charge in [-0.1, -0.05) is 26.3 Å². The van der Waals surface area contributed by atoms with Gasteiger partial charge in [-0.25, -0.2) is 0 Å². The summed E-state index contributed by atoms with van der Waals surface area (Å²) in [6.07, 6.45) is 8.90. The van der Waals surface area contributed by atoms with Crippen LogP contribution < -0.4 is 0 Å². The molecule has 0 radical (unpaired) electrons. The van der Waals surface area contributed by atoms with Crippen molar-refractivity contribution in [3.8, 4) is 0 Å². The number of ketones is 1. The fourth-order valence-corrected chi connectivity index (χ4v) is 8.82. The molecule has 146 valence electrons. The Balaban J connectivity index is 1.84. The Morgan fingerprint density at radius 1 is 1.23 bits per heavy atom. The molecule has 26 heavy (non-hydrogen) atoms. The Bertz CT molecular complexity index is 646. The summed E-state index contributed by atoms with van der Waals surface area (Å²) in [5.74, 6) is 2.60. The number of hydrogen-bond acceptors (Lipinski definition) is 4. The van der Waals surface area contributed by atoms with Crippen LogP contribution in [0.1, 0.15) is 65.7 Å². The predicted octanol–water partition coefficient (Wildman–Crippen LogP) is 4.72. The molecule has 0 saturated heterocycles. The average Bonchev–Trinajstić information content (AvgIpc) is 2.85. The summed E-state index contributed by atoms with van der Waals surface area (Å²) in [5.41, 5.74) is 1.56. The largest absolute Gasteiger partial charge is 0.392 e. The van der Waals surface area contributed by atoms with Gasteiger partial charge in [-0.15, -0.1) is 0 Å². The maximum atomic E-state index is 12.1. The van der Waals surface area contributed by atoms with E-state index in [-0.39, 0.29) is 27.6 Å². The first-order valence-corrected chi connectivity index (χ1v) is 11.6. The Hall–Kier alpha value is 0.0700. The Kier molecular flexibility index (Phi) is 4.69. The van der Waals surface area contributed by atoms with Crippen LogP contribution in [0, 0.1) is 34.0 Å². The van der Waals surface area contributed by atoms with Crippen LogP contribution in [0.3, 0.4) is 0 Å². The topological polar surface area (TPSA) is 37.3 Å². The summed E-state index contributed by atoms with van der Waals surface area (Å²) in [6, 6.07) is 0. The van der Waals surface area contributed by atoms with Gasteiger partial charge < -0.3 is 5.11 Å². The monoisotopic (exact) mass is 394 g/mol. The van der Waals surface area contributed by atoms with Crippen molar-refractivity contribution < 1.29 is 9.90 Å². The molecule has 0 bridgehead atoms. The summed E-state index contributed by atoms with van der Waals surface area (Å²) >= 11 is 9.82. The van der Waals surface area contributed by atoms with Crippen LogP contribution in [0.25, 0.3) is 0 Å². The molecule has 3 saturated carbocycles. The first kappa shape index (κ1) is 19.4. The highest BCUT2D eigenvalue weighted by Crippen LogP contribution is 2.73. The molecule has 1 N–H and O–H groups in total. The molecule has 0 aromatic heterocycles. The molecular formula is C22H34O2S2. The molecule has 0 amide bonds. The van der Waals surface area contributed by atoms with Crippen LogP contribution in [0.5, 0.6) is 0 Å². The van der Waals surface area contributed by atoms with Crippen LogP contribution in [0.15, 0.2) is 11.6 Å². The van der Waals surface area contributed by atoms with Gasteiger partial charge in [0.25, 0.3) is 0 Å². The second-order valence-electron chi connectivity index (χ2n) is 10.1. The zero-order valence-corrected chi connectivity index (χ0v) is 18.2. The number of hydrogen-bond donors (Lipinski definition) is 3. The van der Waals surface area contributed by atoms with E-state index in [0.29, 0.717) is 30.0 Å². The summed E-state index contributed by atoms with van der Waals surface area (Å²) in [6.45, 7) is 6.98. The number of thiol groups is 2. The van der Waals surface area contributed by atoms with Gasteiger partial charge in [0.1, 0.15) is 0 Å². The van der Waals surface area contributed by atoms with E-state index in [1.165, 1.54) is 5.57 Å². The summed E-state index contributed by atoms with van der Waals surface area (Å²) in [5, 5.41) is 11.2. The standard InChI is InChI=1S/C22H34O2S2/c1-13-10-17-16-5-4-14-11-15(23)6-7-21(14,3)22(16,18(26)12-25)9-8-20(17,2)19(13)24/h11,13,16-19,24-26H,4-10,12H2,1-3H3/t13?,16-,17-,18?,19?,20-,21-,22+/m0/s1. The van der Waals surface area contributed by atoms with E-state index in [9.17, 15) is 9.90 Å². The van der Waals surface area contributed by atoms with Gasteiger partial charge in [-0.3, -0.25) is 4.79 Å². The second kappa shape index (κ2) is 6.29. The van der Waals surface area contributed by atoms with Gasteiger partial charge in [0.15, 0.2) is 5.78 Å². The van der Waals surface area contributed by atoms with Gasteiger partial charge in [0, 0.05) is 17.4 Å².